The van der Waals surface area contributed by atoms with Crippen LogP contribution >= 0.6 is 0 Å². The van der Waals surface area contributed by atoms with Gasteiger partial charge >= 0.3 is 0 Å². The molecule has 0 spiro atoms. The van der Waals surface area contributed by atoms with E-state index in [-0.39, 0.29) is 12.0 Å². The third-order valence-corrected chi connectivity index (χ3v) is 3.38. The predicted molar refractivity (Wildman–Crippen MR) is 73.1 cm³/mol. The maximum absolute atomic E-state index is 11.9. The number of amides is 1. The van der Waals surface area contributed by atoms with Crippen LogP contribution in [0.15, 0.2) is 24.3 Å². The van der Waals surface area contributed by atoms with Gasteiger partial charge in [-0.3, -0.25) is 4.79 Å². The largest absolute Gasteiger partial charge is 0.494 e. The number of nitrogens with zero attached hydrogens (tertiary/aromatic N) is 1. The molecule has 0 saturated carbocycles. The van der Waals surface area contributed by atoms with Gasteiger partial charge in [-0.05, 0) is 37.5 Å². The number of carbonyl (C=O) groups excluding carboxylic acids is 1. The summed E-state index contributed by atoms with van der Waals surface area (Å²) in [5.41, 5.74) is 1.14. The monoisotopic (exact) mass is 263 g/mol. The van der Waals surface area contributed by atoms with Crippen molar-refractivity contribution in [2.75, 3.05) is 19.7 Å². The molecular formula is C15H21NO3. The Morgan fingerprint density at radius 2 is 2.16 bits per heavy atom. The first-order valence-corrected chi connectivity index (χ1v) is 6.86. The van der Waals surface area contributed by atoms with Gasteiger partial charge in [-0.1, -0.05) is 12.1 Å². The van der Waals surface area contributed by atoms with Gasteiger partial charge in [0.25, 0.3) is 0 Å². The Morgan fingerprint density at radius 3 is 2.74 bits per heavy atom. The lowest BCUT2D eigenvalue weighted by Gasteiger charge is -2.15. The number of aliphatic hydroxyl groups is 1. The molecule has 0 unspecified atom stereocenters. The Kier molecular flexibility index (Phi) is 4.80. The zero-order valence-electron chi connectivity index (χ0n) is 11.3. The smallest absolute Gasteiger partial charge is 0.222 e. The molecule has 1 saturated heterocycles. The molecule has 0 aromatic heterocycles. The molecule has 1 aromatic carbocycles. The fourth-order valence-corrected chi connectivity index (χ4v) is 2.30. The lowest BCUT2D eigenvalue weighted by molar-refractivity contribution is -0.130. The summed E-state index contributed by atoms with van der Waals surface area (Å²) in [6, 6.07) is 7.86. The Morgan fingerprint density at radius 1 is 1.42 bits per heavy atom. The lowest BCUT2D eigenvalue weighted by atomic mass is 10.1. The van der Waals surface area contributed by atoms with Crippen molar-refractivity contribution in [3.63, 3.8) is 0 Å². The maximum atomic E-state index is 11.9. The van der Waals surface area contributed by atoms with Crippen LogP contribution < -0.4 is 4.74 Å². The standard InChI is InChI=1S/C15H21NO3/c1-2-19-14-6-3-12(4-7-14)5-8-15(18)16-10-9-13(17)11-16/h3-4,6-7,13,17H,2,5,8-11H2,1H3/t13-/m1/s1. The Bertz CT molecular complexity index is 416. The molecule has 104 valence electrons. The molecule has 2 rings (SSSR count). The first-order valence-electron chi connectivity index (χ1n) is 6.86. The van der Waals surface area contributed by atoms with Gasteiger partial charge < -0.3 is 14.7 Å². The first-order chi connectivity index (χ1) is 9.19. The third kappa shape index (κ3) is 3.96. The number of benzene rings is 1. The molecule has 0 bridgehead atoms. The van der Waals surface area contributed by atoms with Gasteiger partial charge in [0, 0.05) is 19.5 Å². The summed E-state index contributed by atoms with van der Waals surface area (Å²) in [6.07, 6.45) is 1.60. The number of β-amino-alcohol motifs (C(OH)–C–C–N with tert-alkyl or cyclic N) is 1. The highest BCUT2D eigenvalue weighted by atomic mass is 16.5. The fourth-order valence-electron chi connectivity index (χ4n) is 2.30. The van der Waals surface area contributed by atoms with Crippen LogP contribution in [-0.2, 0) is 11.2 Å². The van der Waals surface area contributed by atoms with E-state index >= 15 is 0 Å². The zero-order chi connectivity index (χ0) is 13.7. The molecular weight excluding hydrogens is 242 g/mol. The number of likely N-dealkylation sites (tertiary alicyclic amines) is 1. The number of aryl methyl sites for hydroxylation is 1. The van der Waals surface area contributed by atoms with E-state index in [2.05, 4.69) is 0 Å². The molecule has 1 heterocycles. The van der Waals surface area contributed by atoms with Crippen molar-refractivity contribution in [3.05, 3.63) is 29.8 Å². The number of hydrogen-bond donors (Lipinski definition) is 1. The van der Waals surface area contributed by atoms with Crippen LogP contribution in [-0.4, -0.2) is 41.7 Å². The van der Waals surface area contributed by atoms with E-state index in [4.69, 9.17) is 4.74 Å². The normalized spacial score (nSPS) is 18.6. The summed E-state index contributed by atoms with van der Waals surface area (Å²) < 4.78 is 5.38. The van der Waals surface area contributed by atoms with Crippen molar-refractivity contribution in [1.29, 1.82) is 0 Å². The highest BCUT2D eigenvalue weighted by Gasteiger charge is 2.23. The van der Waals surface area contributed by atoms with Gasteiger partial charge in [0.2, 0.25) is 5.91 Å². The lowest BCUT2D eigenvalue weighted by Crippen LogP contribution is -2.29. The minimum absolute atomic E-state index is 0.130. The van der Waals surface area contributed by atoms with Crippen LogP contribution in [0.4, 0.5) is 0 Å². The molecule has 1 aromatic rings. The maximum Gasteiger partial charge on any atom is 0.222 e. The highest BCUT2D eigenvalue weighted by Crippen LogP contribution is 2.15. The van der Waals surface area contributed by atoms with Crippen molar-refractivity contribution < 1.29 is 14.6 Å². The van der Waals surface area contributed by atoms with Gasteiger partial charge in [0.1, 0.15) is 5.75 Å². The number of ether oxygens (including phenoxy) is 1. The predicted octanol–water partition coefficient (Wildman–Crippen LogP) is 1.61. The van der Waals surface area contributed by atoms with E-state index in [9.17, 15) is 9.90 Å². The Hall–Kier alpha value is -1.55. The van der Waals surface area contributed by atoms with Crippen LogP contribution in [0.1, 0.15) is 25.3 Å². The van der Waals surface area contributed by atoms with E-state index in [1.807, 2.05) is 31.2 Å². The van der Waals surface area contributed by atoms with Gasteiger partial charge in [-0.2, -0.15) is 0 Å². The number of hydrogen-bond acceptors (Lipinski definition) is 3. The zero-order valence-corrected chi connectivity index (χ0v) is 11.3. The average molecular weight is 263 g/mol. The van der Waals surface area contributed by atoms with E-state index in [0.717, 1.165) is 17.7 Å². The Balaban J connectivity index is 1.80. The van der Waals surface area contributed by atoms with Gasteiger partial charge in [0.05, 0.1) is 12.7 Å². The van der Waals surface area contributed by atoms with Gasteiger partial charge in [-0.15, -0.1) is 0 Å². The summed E-state index contributed by atoms with van der Waals surface area (Å²) >= 11 is 0. The second-order valence-corrected chi connectivity index (χ2v) is 4.86. The topological polar surface area (TPSA) is 49.8 Å². The Labute approximate surface area is 114 Å². The minimum Gasteiger partial charge on any atom is -0.494 e. The van der Waals surface area contributed by atoms with Gasteiger partial charge in [0.15, 0.2) is 0 Å². The summed E-state index contributed by atoms with van der Waals surface area (Å²) in [5, 5.41) is 9.41. The summed E-state index contributed by atoms with van der Waals surface area (Å²) in [6.45, 7) is 3.79. The third-order valence-electron chi connectivity index (χ3n) is 3.38. The number of aliphatic hydroxyl groups excluding tert-OH is 1. The van der Waals surface area contributed by atoms with E-state index in [1.165, 1.54) is 0 Å². The number of rotatable bonds is 5. The second-order valence-electron chi connectivity index (χ2n) is 4.86. The second kappa shape index (κ2) is 6.57. The molecule has 4 nitrogen and oxygen atoms in total. The quantitative estimate of drug-likeness (QED) is 0.878. The molecule has 1 amide bonds. The fraction of sp³-hybridized carbons (Fsp3) is 0.533. The SMILES string of the molecule is CCOc1ccc(CCC(=O)N2CC[C@@H](O)C2)cc1. The summed E-state index contributed by atoms with van der Waals surface area (Å²) in [5.74, 6) is 0.991. The van der Waals surface area contributed by atoms with E-state index in [1.54, 1.807) is 4.90 Å². The molecule has 1 atom stereocenters. The van der Waals surface area contributed by atoms with Crippen molar-refractivity contribution in [1.82, 2.24) is 4.90 Å². The minimum atomic E-state index is -0.338. The molecule has 1 aliphatic rings. The van der Waals surface area contributed by atoms with Crippen molar-refractivity contribution in [3.8, 4) is 5.75 Å². The molecule has 1 N–H and O–H groups in total. The summed E-state index contributed by atoms with van der Waals surface area (Å²) in [7, 11) is 0. The molecule has 0 radical (unpaired) electrons. The van der Waals surface area contributed by atoms with Crippen molar-refractivity contribution >= 4 is 5.91 Å². The van der Waals surface area contributed by atoms with Crippen molar-refractivity contribution in [2.45, 2.75) is 32.3 Å². The van der Waals surface area contributed by atoms with Crippen LogP contribution in [0, 0.1) is 0 Å². The molecule has 1 aliphatic heterocycles. The molecule has 1 fully saturated rings. The average Bonchev–Trinajstić information content (AvgIpc) is 2.85. The van der Waals surface area contributed by atoms with Crippen LogP contribution in [0.25, 0.3) is 0 Å². The molecule has 19 heavy (non-hydrogen) atoms. The van der Waals surface area contributed by atoms with Crippen molar-refractivity contribution in [2.24, 2.45) is 0 Å². The molecule has 4 heteroatoms. The number of carbonyl (C=O) groups is 1. The van der Waals surface area contributed by atoms with Crippen LogP contribution in [0.5, 0.6) is 5.75 Å². The van der Waals surface area contributed by atoms with Gasteiger partial charge in [-0.25, -0.2) is 0 Å². The van der Waals surface area contributed by atoms with E-state index in [0.29, 0.717) is 32.5 Å². The summed E-state index contributed by atoms with van der Waals surface area (Å²) in [4.78, 5) is 13.7. The van der Waals surface area contributed by atoms with Crippen LogP contribution in [0.3, 0.4) is 0 Å². The molecule has 0 aliphatic carbocycles. The van der Waals surface area contributed by atoms with Crippen LogP contribution in [0.2, 0.25) is 0 Å². The van der Waals surface area contributed by atoms with E-state index < -0.39 is 0 Å². The first kappa shape index (κ1) is 13.9. The highest BCUT2D eigenvalue weighted by molar-refractivity contribution is 5.76.